The SMILES string of the molecule is COc1ccccc1C1(OC(=O)N2CCN(C)CC2)C(=O)N(S(=O)(=O)c2cccc3cccnc23)c2ccc(Cl)cc21. The molecule has 42 heavy (non-hydrogen) atoms. The number of amides is 2. The number of aromatic nitrogens is 1. The van der Waals surface area contributed by atoms with Crippen molar-refractivity contribution in [3.8, 4) is 5.75 Å². The zero-order valence-electron chi connectivity index (χ0n) is 22.9. The van der Waals surface area contributed by atoms with Gasteiger partial charge in [-0.3, -0.25) is 9.78 Å². The molecule has 0 aliphatic carbocycles. The van der Waals surface area contributed by atoms with Crippen LogP contribution < -0.4 is 9.04 Å². The van der Waals surface area contributed by atoms with E-state index in [2.05, 4.69) is 9.88 Å². The first kappa shape index (κ1) is 28.0. The number of hydrogen-bond acceptors (Lipinski definition) is 8. The molecule has 6 rings (SSSR count). The highest BCUT2D eigenvalue weighted by atomic mass is 35.5. The van der Waals surface area contributed by atoms with Gasteiger partial charge < -0.3 is 19.3 Å². The molecule has 0 saturated carbocycles. The van der Waals surface area contributed by atoms with Crippen LogP contribution in [-0.2, 0) is 25.2 Å². The van der Waals surface area contributed by atoms with E-state index in [9.17, 15) is 18.0 Å². The maximum atomic E-state index is 14.8. The average molecular weight is 607 g/mol. The van der Waals surface area contributed by atoms with Crippen molar-refractivity contribution in [1.82, 2.24) is 14.8 Å². The number of fused-ring (bicyclic) bond motifs is 2. The number of likely N-dealkylation sites (N-methyl/N-ethyl adjacent to an activating group) is 1. The second-order valence-electron chi connectivity index (χ2n) is 10.1. The Morgan fingerprint density at radius 3 is 2.45 bits per heavy atom. The number of halogens is 1. The van der Waals surface area contributed by atoms with Crippen LogP contribution in [0.5, 0.6) is 5.75 Å². The van der Waals surface area contributed by atoms with Crippen LogP contribution >= 0.6 is 11.6 Å². The number of nitrogens with zero attached hydrogens (tertiary/aromatic N) is 4. The standard InChI is InChI=1S/C30H27ClN4O6S/c1-33-15-17-34(18-16-33)29(37)41-30(22-9-3-4-10-25(22)40-2)23-19-21(31)12-13-24(23)35(28(30)36)42(38,39)26-11-5-7-20-8-6-14-32-27(20)26/h3-14,19H,15-18H2,1-2H3. The number of anilines is 1. The van der Waals surface area contributed by atoms with Crippen molar-refractivity contribution in [3.05, 3.63) is 95.1 Å². The largest absolute Gasteiger partial charge is 0.496 e. The first-order valence-corrected chi connectivity index (χ1v) is 15.0. The summed E-state index contributed by atoms with van der Waals surface area (Å²) in [6.45, 7) is 1.97. The molecule has 10 nitrogen and oxygen atoms in total. The number of ether oxygens (including phenoxy) is 2. The predicted molar refractivity (Wildman–Crippen MR) is 157 cm³/mol. The monoisotopic (exact) mass is 606 g/mol. The van der Waals surface area contributed by atoms with Crippen LogP contribution in [0.3, 0.4) is 0 Å². The second-order valence-corrected chi connectivity index (χ2v) is 12.3. The molecule has 4 aromatic rings. The summed E-state index contributed by atoms with van der Waals surface area (Å²) in [4.78, 5) is 36.3. The Bertz CT molecular complexity index is 1820. The van der Waals surface area contributed by atoms with E-state index in [1.807, 2.05) is 7.05 Å². The molecule has 12 heteroatoms. The van der Waals surface area contributed by atoms with E-state index in [4.69, 9.17) is 21.1 Å². The molecule has 2 amide bonds. The number of carbonyl (C=O) groups is 2. The summed E-state index contributed by atoms with van der Waals surface area (Å²) >= 11 is 6.44. The third kappa shape index (κ3) is 4.36. The van der Waals surface area contributed by atoms with Gasteiger partial charge in [-0.15, -0.1) is 0 Å². The van der Waals surface area contributed by atoms with Gasteiger partial charge in [0.15, 0.2) is 0 Å². The number of methoxy groups -OCH3 is 1. The van der Waals surface area contributed by atoms with Crippen LogP contribution in [0.15, 0.2) is 83.9 Å². The lowest BCUT2D eigenvalue weighted by atomic mass is 9.86. The molecule has 0 spiro atoms. The molecule has 0 bridgehead atoms. The molecule has 2 aliphatic rings. The molecule has 1 fully saturated rings. The lowest BCUT2D eigenvalue weighted by molar-refractivity contribution is -0.132. The first-order valence-electron chi connectivity index (χ1n) is 13.2. The van der Waals surface area contributed by atoms with E-state index in [1.54, 1.807) is 48.5 Å². The van der Waals surface area contributed by atoms with Crippen molar-refractivity contribution in [2.45, 2.75) is 10.5 Å². The third-order valence-corrected chi connectivity index (χ3v) is 9.61. The molecule has 3 heterocycles. The van der Waals surface area contributed by atoms with Gasteiger partial charge in [-0.25, -0.2) is 13.2 Å². The average Bonchev–Trinajstić information content (AvgIpc) is 3.24. The van der Waals surface area contributed by atoms with Crippen LogP contribution in [0, 0.1) is 0 Å². The van der Waals surface area contributed by atoms with E-state index in [1.165, 1.54) is 42.5 Å². The lowest BCUT2D eigenvalue weighted by Crippen LogP contribution is -2.52. The summed E-state index contributed by atoms with van der Waals surface area (Å²) in [7, 11) is -1.21. The molecule has 2 aliphatic heterocycles. The summed E-state index contributed by atoms with van der Waals surface area (Å²) in [6.07, 6.45) is 0.719. The predicted octanol–water partition coefficient (Wildman–Crippen LogP) is 4.26. The molecule has 3 aromatic carbocycles. The van der Waals surface area contributed by atoms with Gasteiger partial charge in [0, 0.05) is 48.3 Å². The van der Waals surface area contributed by atoms with Crippen LogP contribution in [0.25, 0.3) is 10.9 Å². The van der Waals surface area contributed by atoms with Crippen molar-refractivity contribution in [1.29, 1.82) is 0 Å². The normalized spacial score (nSPS) is 19.2. The van der Waals surface area contributed by atoms with E-state index < -0.39 is 27.6 Å². The summed E-state index contributed by atoms with van der Waals surface area (Å²) in [5.41, 5.74) is -1.75. The van der Waals surface area contributed by atoms with Gasteiger partial charge in [0.2, 0.25) is 5.60 Å². The van der Waals surface area contributed by atoms with Crippen molar-refractivity contribution < 1.29 is 27.5 Å². The first-order chi connectivity index (χ1) is 20.2. The van der Waals surface area contributed by atoms with E-state index >= 15 is 0 Å². The fourth-order valence-corrected chi connectivity index (χ4v) is 7.29. The van der Waals surface area contributed by atoms with Crippen molar-refractivity contribution >= 4 is 50.2 Å². The minimum absolute atomic E-state index is 0.00872. The Morgan fingerprint density at radius 1 is 0.952 bits per heavy atom. The van der Waals surface area contributed by atoms with Crippen molar-refractivity contribution in [3.63, 3.8) is 0 Å². The summed E-state index contributed by atoms with van der Waals surface area (Å²) in [6, 6.07) is 19.1. The minimum atomic E-state index is -4.58. The fourth-order valence-electron chi connectivity index (χ4n) is 5.49. The van der Waals surface area contributed by atoms with Crippen LogP contribution in [0.4, 0.5) is 10.5 Å². The molecule has 216 valence electrons. The summed E-state index contributed by atoms with van der Waals surface area (Å²) < 4.78 is 41.4. The van der Waals surface area contributed by atoms with Crippen molar-refractivity contribution in [2.75, 3.05) is 44.6 Å². The number of pyridine rings is 1. The Morgan fingerprint density at radius 2 is 1.69 bits per heavy atom. The molecule has 0 radical (unpaired) electrons. The number of carbonyl (C=O) groups excluding carboxylic acids is 2. The van der Waals surface area contributed by atoms with E-state index in [0.717, 1.165) is 0 Å². The highest BCUT2D eigenvalue weighted by molar-refractivity contribution is 7.93. The van der Waals surface area contributed by atoms with Gasteiger partial charge in [-0.05, 0) is 43.4 Å². The highest BCUT2D eigenvalue weighted by Gasteiger charge is 2.61. The van der Waals surface area contributed by atoms with Crippen LogP contribution in [0.2, 0.25) is 5.02 Å². The quantitative estimate of drug-likeness (QED) is 0.332. The van der Waals surface area contributed by atoms with Gasteiger partial charge in [0.05, 0.1) is 23.9 Å². The smallest absolute Gasteiger partial charge is 0.411 e. The number of para-hydroxylation sites is 2. The fraction of sp³-hybridized carbons (Fsp3) is 0.233. The molecule has 1 unspecified atom stereocenters. The second kappa shape index (κ2) is 10.6. The maximum absolute atomic E-state index is 14.8. The van der Waals surface area contributed by atoms with Crippen molar-refractivity contribution in [2.24, 2.45) is 0 Å². The van der Waals surface area contributed by atoms with Gasteiger partial charge >= 0.3 is 6.09 Å². The third-order valence-electron chi connectivity index (χ3n) is 7.64. The minimum Gasteiger partial charge on any atom is -0.496 e. The zero-order chi connectivity index (χ0) is 29.6. The number of rotatable bonds is 5. The van der Waals surface area contributed by atoms with Gasteiger partial charge in [-0.1, -0.05) is 48.0 Å². The van der Waals surface area contributed by atoms with Crippen LogP contribution in [-0.4, -0.2) is 75.5 Å². The number of piperazine rings is 1. The van der Waals surface area contributed by atoms with Crippen LogP contribution in [0.1, 0.15) is 11.1 Å². The van der Waals surface area contributed by atoms with Gasteiger partial charge in [0.25, 0.3) is 15.9 Å². The lowest BCUT2D eigenvalue weighted by Gasteiger charge is -2.36. The van der Waals surface area contributed by atoms with Gasteiger partial charge in [-0.2, -0.15) is 4.31 Å². The van der Waals surface area contributed by atoms with Gasteiger partial charge in [0.1, 0.15) is 10.6 Å². The molecule has 1 atom stereocenters. The Labute approximate surface area is 248 Å². The topological polar surface area (TPSA) is 109 Å². The Hall–Kier alpha value is -4.19. The van der Waals surface area contributed by atoms with E-state index in [-0.39, 0.29) is 38.0 Å². The Balaban J connectivity index is 1.59. The number of benzene rings is 3. The molecular weight excluding hydrogens is 580 g/mol. The molecule has 0 N–H and O–H groups in total. The number of sulfonamides is 1. The zero-order valence-corrected chi connectivity index (χ0v) is 24.4. The molecule has 1 saturated heterocycles. The molecular formula is C30H27ClN4O6S. The maximum Gasteiger partial charge on any atom is 0.411 e. The summed E-state index contributed by atoms with van der Waals surface area (Å²) in [5, 5.41) is 0.807. The Kier molecular flexibility index (Phi) is 7.04. The summed E-state index contributed by atoms with van der Waals surface area (Å²) in [5.74, 6) is -0.770. The number of hydrogen-bond donors (Lipinski definition) is 0. The highest BCUT2D eigenvalue weighted by Crippen LogP contribution is 2.52. The molecule has 1 aromatic heterocycles. The van der Waals surface area contributed by atoms with E-state index in [0.29, 0.717) is 35.9 Å².